The van der Waals surface area contributed by atoms with Gasteiger partial charge in [0.05, 0.1) is 0 Å². The lowest BCUT2D eigenvalue weighted by Gasteiger charge is -2.42. The SMILES string of the molecule is c1ccc(-c2nc(-c3cccc(-c4ccc5c(c4)C4c6ccccc6C5c5cc(-c6cccc(-c7nc(-c8ccccc8)nc(-c8ccccn8)n7)c6)ccc54)c3)nc(-c3ccccn3)n2)cc1. The Kier molecular flexibility index (Phi) is 9.45. The fraction of sp³-hybridized carbons (Fsp3) is 0.0333. The molecule has 318 valence electrons. The summed E-state index contributed by atoms with van der Waals surface area (Å²) in [5, 5.41) is 0. The summed E-state index contributed by atoms with van der Waals surface area (Å²) in [7, 11) is 0. The van der Waals surface area contributed by atoms with Crippen molar-refractivity contribution >= 4 is 0 Å². The number of benzene rings is 7. The van der Waals surface area contributed by atoms with Gasteiger partial charge in [-0.05, 0) is 104 Å². The molecule has 0 saturated heterocycles. The van der Waals surface area contributed by atoms with Crippen LogP contribution in [-0.4, -0.2) is 39.9 Å². The van der Waals surface area contributed by atoms with Crippen LogP contribution < -0.4 is 0 Å². The predicted octanol–water partition coefficient (Wildman–Crippen LogP) is 13.2. The Hall–Kier alpha value is -9.14. The van der Waals surface area contributed by atoms with E-state index >= 15 is 0 Å². The van der Waals surface area contributed by atoms with Gasteiger partial charge in [-0.1, -0.05) is 158 Å². The molecule has 0 spiro atoms. The largest absolute Gasteiger partial charge is 0.253 e. The van der Waals surface area contributed by atoms with Crippen molar-refractivity contribution in [3.05, 3.63) is 252 Å². The molecule has 11 aromatic rings. The highest BCUT2D eigenvalue weighted by Crippen LogP contribution is 2.56. The number of hydrogen-bond acceptors (Lipinski definition) is 8. The van der Waals surface area contributed by atoms with Crippen molar-refractivity contribution < 1.29 is 0 Å². The van der Waals surface area contributed by atoms with Crippen LogP contribution in [-0.2, 0) is 0 Å². The molecule has 7 aromatic carbocycles. The molecule has 0 saturated carbocycles. The maximum Gasteiger partial charge on any atom is 0.182 e. The van der Waals surface area contributed by atoms with Gasteiger partial charge < -0.3 is 0 Å². The maximum atomic E-state index is 5.00. The summed E-state index contributed by atoms with van der Waals surface area (Å²) in [6.07, 6.45) is 3.53. The Morgan fingerprint density at radius 3 is 0.985 bits per heavy atom. The molecule has 0 fully saturated rings. The lowest BCUT2D eigenvalue weighted by molar-refractivity contribution is 0.755. The average molecular weight is 871 g/mol. The van der Waals surface area contributed by atoms with Crippen molar-refractivity contribution in [2.75, 3.05) is 0 Å². The molecular formula is C60H38N8. The zero-order chi connectivity index (χ0) is 45.0. The van der Waals surface area contributed by atoms with Crippen LogP contribution in [0.4, 0.5) is 0 Å². The summed E-state index contributed by atoms with van der Waals surface area (Å²) in [6.45, 7) is 0. The Morgan fingerprint density at radius 2 is 0.559 bits per heavy atom. The Balaban J connectivity index is 0.867. The van der Waals surface area contributed by atoms with E-state index in [1.165, 1.54) is 33.4 Å². The van der Waals surface area contributed by atoms with E-state index in [9.17, 15) is 0 Å². The van der Waals surface area contributed by atoms with Crippen LogP contribution in [0.2, 0.25) is 0 Å². The first-order valence-electron chi connectivity index (χ1n) is 22.7. The molecule has 2 unspecified atom stereocenters. The molecule has 8 heteroatoms. The minimum absolute atomic E-state index is 0.0919. The second-order valence-corrected chi connectivity index (χ2v) is 17.1. The third-order valence-corrected chi connectivity index (χ3v) is 13.1. The second kappa shape index (κ2) is 16.4. The smallest absolute Gasteiger partial charge is 0.182 e. The van der Waals surface area contributed by atoms with Gasteiger partial charge in [0.1, 0.15) is 11.4 Å². The topological polar surface area (TPSA) is 103 Å². The van der Waals surface area contributed by atoms with Gasteiger partial charge in [-0.3, -0.25) is 9.97 Å². The zero-order valence-corrected chi connectivity index (χ0v) is 36.5. The average Bonchev–Trinajstić information content (AvgIpc) is 3.43. The lowest BCUT2D eigenvalue weighted by Crippen LogP contribution is -2.27. The fourth-order valence-electron chi connectivity index (χ4n) is 9.91. The molecule has 3 aliphatic carbocycles. The molecule has 0 amide bonds. The summed E-state index contributed by atoms with van der Waals surface area (Å²) in [5.41, 5.74) is 17.6. The fourth-order valence-corrected chi connectivity index (χ4v) is 9.91. The Labute approximate surface area is 392 Å². The first-order valence-corrected chi connectivity index (χ1v) is 22.7. The van der Waals surface area contributed by atoms with E-state index in [0.29, 0.717) is 46.3 Å². The van der Waals surface area contributed by atoms with Gasteiger partial charge in [0.2, 0.25) is 0 Å². The predicted molar refractivity (Wildman–Crippen MR) is 267 cm³/mol. The molecule has 2 bridgehead atoms. The van der Waals surface area contributed by atoms with Crippen LogP contribution in [0.3, 0.4) is 0 Å². The van der Waals surface area contributed by atoms with Crippen LogP contribution in [0.15, 0.2) is 219 Å². The highest BCUT2D eigenvalue weighted by molar-refractivity contribution is 5.79. The van der Waals surface area contributed by atoms with Crippen LogP contribution in [0.1, 0.15) is 45.2 Å². The van der Waals surface area contributed by atoms with E-state index in [0.717, 1.165) is 44.5 Å². The number of hydrogen-bond donors (Lipinski definition) is 0. The quantitative estimate of drug-likeness (QED) is 0.149. The van der Waals surface area contributed by atoms with Gasteiger partial charge in [-0.15, -0.1) is 0 Å². The van der Waals surface area contributed by atoms with Crippen LogP contribution in [0.25, 0.3) is 90.8 Å². The maximum absolute atomic E-state index is 5.00. The first-order chi connectivity index (χ1) is 33.7. The molecule has 0 N–H and O–H groups in total. The summed E-state index contributed by atoms with van der Waals surface area (Å²) >= 11 is 0. The summed E-state index contributed by atoms with van der Waals surface area (Å²) in [4.78, 5) is 38.8. The van der Waals surface area contributed by atoms with Gasteiger partial charge in [0, 0.05) is 46.5 Å². The van der Waals surface area contributed by atoms with E-state index in [1.807, 2.05) is 97.1 Å². The second-order valence-electron chi connectivity index (χ2n) is 17.1. The standard InChI is InChI=1S/C60H38N8/c1-3-15-37(16-4-1)55-63-57(67-59(65-55)51-25-9-11-31-61-51)43-21-13-19-39(33-43)41-27-29-47-49(35-41)53-45-23-7-8-24-46(45)54(47)50-36-42(28-30-48(50)53)40-20-14-22-44(34-40)58-64-56(38-17-5-2-6-18-38)66-60(68-58)52-26-10-12-32-62-52/h1-36,53-54H. The third kappa shape index (κ3) is 6.94. The minimum Gasteiger partial charge on any atom is -0.253 e. The van der Waals surface area contributed by atoms with Crippen molar-refractivity contribution in [2.45, 2.75) is 11.8 Å². The van der Waals surface area contributed by atoms with Crippen molar-refractivity contribution in [3.8, 4) is 90.8 Å². The molecule has 4 heterocycles. The molecule has 3 aliphatic rings. The zero-order valence-electron chi connectivity index (χ0n) is 36.5. The Morgan fingerprint density at radius 1 is 0.221 bits per heavy atom. The molecule has 4 aromatic heterocycles. The summed E-state index contributed by atoms with van der Waals surface area (Å²) in [5.74, 6) is 3.67. The highest BCUT2D eigenvalue weighted by atomic mass is 15.1. The first kappa shape index (κ1) is 39.2. The highest BCUT2D eigenvalue weighted by Gasteiger charge is 2.41. The summed E-state index contributed by atoms with van der Waals surface area (Å²) in [6, 6.07) is 71.7. The number of rotatable bonds is 8. The van der Waals surface area contributed by atoms with Gasteiger partial charge in [0.25, 0.3) is 0 Å². The molecule has 8 nitrogen and oxygen atoms in total. The number of aromatic nitrogens is 8. The van der Waals surface area contributed by atoms with E-state index in [-0.39, 0.29) is 11.8 Å². The Bertz CT molecular complexity index is 3330. The van der Waals surface area contributed by atoms with E-state index in [2.05, 4.69) is 119 Å². The lowest BCUT2D eigenvalue weighted by atomic mass is 9.60. The van der Waals surface area contributed by atoms with Gasteiger partial charge in [-0.2, -0.15) is 0 Å². The van der Waals surface area contributed by atoms with Gasteiger partial charge >= 0.3 is 0 Å². The van der Waals surface area contributed by atoms with Gasteiger partial charge in [0.15, 0.2) is 34.9 Å². The van der Waals surface area contributed by atoms with Crippen molar-refractivity contribution in [2.24, 2.45) is 0 Å². The minimum atomic E-state index is 0.0919. The number of nitrogens with zero attached hydrogens (tertiary/aromatic N) is 8. The van der Waals surface area contributed by atoms with Crippen LogP contribution >= 0.6 is 0 Å². The van der Waals surface area contributed by atoms with Crippen molar-refractivity contribution in [1.29, 1.82) is 0 Å². The summed E-state index contributed by atoms with van der Waals surface area (Å²) < 4.78 is 0. The molecule has 0 aliphatic heterocycles. The molecular weight excluding hydrogens is 833 g/mol. The monoisotopic (exact) mass is 870 g/mol. The van der Waals surface area contributed by atoms with E-state index in [4.69, 9.17) is 29.9 Å². The van der Waals surface area contributed by atoms with E-state index in [1.54, 1.807) is 12.4 Å². The third-order valence-electron chi connectivity index (χ3n) is 13.1. The van der Waals surface area contributed by atoms with Crippen LogP contribution in [0, 0.1) is 0 Å². The van der Waals surface area contributed by atoms with E-state index < -0.39 is 0 Å². The van der Waals surface area contributed by atoms with Gasteiger partial charge in [-0.25, -0.2) is 29.9 Å². The number of pyridine rings is 2. The van der Waals surface area contributed by atoms with Crippen LogP contribution in [0.5, 0.6) is 0 Å². The van der Waals surface area contributed by atoms with Crippen molar-refractivity contribution in [1.82, 2.24) is 39.9 Å². The molecule has 68 heavy (non-hydrogen) atoms. The molecule has 0 radical (unpaired) electrons. The normalized spacial score (nSPS) is 14.2. The molecule has 2 atom stereocenters. The van der Waals surface area contributed by atoms with Crippen molar-refractivity contribution in [3.63, 3.8) is 0 Å². The molecule has 14 rings (SSSR count).